The van der Waals surface area contributed by atoms with Crippen molar-refractivity contribution < 1.29 is 22.7 Å². The lowest BCUT2D eigenvalue weighted by molar-refractivity contribution is -0.153. The third-order valence-corrected chi connectivity index (χ3v) is 4.30. The average Bonchev–Trinajstić information content (AvgIpc) is 3.12. The predicted molar refractivity (Wildman–Crippen MR) is 101 cm³/mol. The van der Waals surface area contributed by atoms with Crippen LogP contribution in [0, 0.1) is 0 Å². The quantitative estimate of drug-likeness (QED) is 0.546. The summed E-state index contributed by atoms with van der Waals surface area (Å²) in [7, 11) is 0. The molecule has 9 heteroatoms. The second-order valence-electron chi connectivity index (χ2n) is 6.53. The Morgan fingerprint density at radius 1 is 1.32 bits per heavy atom. The van der Waals surface area contributed by atoms with Crippen LogP contribution in [0.15, 0.2) is 29.3 Å². The van der Waals surface area contributed by atoms with Gasteiger partial charge in [0, 0.05) is 37.7 Å². The fraction of sp³-hybridized carbons (Fsp3) is 0.579. The molecule has 28 heavy (non-hydrogen) atoms. The molecule has 1 aliphatic rings. The Balaban J connectivity index is 2.00. The van der Waals surface area contributed by atoms with Crippen LogP contribution in [-0.4, -0.2) is 55.2 Å². The van der Waals surface area contributed by atoms with Crippen LogP contribution in [0.25, 0.3) is 0 Å². The number of likely N-dealkylation sites (tertiary alicyclic amines) is 1. The molecule has 1 aliphatic heterocycles. The molecule has 1 atom stereocenters. The number of hydrogen-bond acceptors (Lipinski definition) is 3. The first kappa shape index (κ1) is 21.8. The summed E-state index contributed by atoms with van der Waals surface area (Å²) in [5.41, 5.74) is 0.568. The van der Waals surface area contributed by atoms with Crippen molar-refractivity contribution >= 4 is 11.9 Å². The number of hydrogen-bond donors (Lipinski definition) is 2. The third kappa shape index (κ3) is 6.94. The van der Waals surface area contributed by atoms with Gasteiger partial charge in [-0.15, -0.1) is 0 Å². The van der Waals surface area contributed by atoms with E-state index in [4.69, 9.17) is 4.74 Å². The van der Waals surface area contributed by atoms with Crippen LogP contribution in [0.1, 0.15) is 32.3 Å². The standard InChI is InChI=1S/C19H27F3N4O2/c1-3-17(27)26-10-9-15(12-26)25-18(23-4-2)24-11-14-7-5-6-8-16(14)28-13-19(20,21)22/h5-8,15H,3-4,9-13H2,1-2H3,(H2,23,24,25). The van der Waals surface area contributed by atoms with E-state index in [1.807, 2.05) is 18.7 Å². The maximum Gasteiger partial charge on any atom is 0.422 e. The number of carbonyl (C=O) groups is 1. The van der Waals surface area contributed by atoms with Crippen molar-refractivity contribution in [3.63, 3.8) is 0 Å². The van der Waals surface area contributed by atoms with Crippen LogP contribution in [0.5, 0.6) is 5.75 Å². The van der Waals surface area contributed by atoms with Crippen LogP contribution in [0.4, 0.5) is 13.2 Å². The van der Waals surface area contributed by atoms with E-state index in [0.29, 0.717) is 37.6 Å². The lowest BCUT2D eigenvalue weighted by Gasteiger charge is -2.19. The molecule has 156 valence electrons. The first-order chi connectivity index (χ1) is 13.3. The van der Waals surface area contributed by atoms with Gasteiger partial charge in [0.2, 0.25) is 5.91 Å². The van der Waals surface area contributed by atoms with Crippen LogP contribution in [0.2, 0.25) is 0 Å². The number of alkyl halides is 3. The Kier molecular flexibility index (Phi) is 7.95. The molecule has 0 aromatic heterocycles. The second kappa shape index (κ2) is 10.2. The molecule has 1 saturated heterocycles. The van der Waals surface area contributed by atoms with Crippen molar-refractivity contribution in [3.05, 3.63) is 29.8 Å². The predicted octanol–water partition coefficient (Wildman–Crippen LogP) is 2.69. The molecule has 0 bridgehead atoms. The molecule has 0 aliphatic carbocycles. The number of carbonyl (C=O) groups excluding carboxylic acids is 1. The number of benzene rings is 1. The summed E-state index contributed by atoms with van der Waals surface area (Å²) >= 11 is 0. The molecule has 1 aromatic rings. The molecular weight excluding hydrogens is 373 g/mol. The van der Waals surface area contributed by atoms with Gasteiger partial charge < -0.3 is 20.3 Å². The molecule has 1 aromatic carbocycles. The first-order valence-corrected chi connectivity index (χ1v) is 9.42. The summed E-state index contributed by atoms with van der Waals surface area (Å²) in [4.78, 5) is 18.1. The minimum Gasteiger partial charge on any atom is -0.484 e. The van der Waals surface area contributed by atoms with Crippen molar-refractivity contribution in [2.75, 3.05) is 26.2 Å². The topological polar surface area (TPSA) is 66.0 Å². The minimum atomic E-state index is -4.39. The van der Waals surface area contributed by atoms with Gasteiger partial charge in [-0.2, -0.15) is 13.2 Å². The zero-order chi connectivity index (χ0) is 20.6. The van der Waals surface area contributed by atoms with Gasteiger partial charge in [-0.05, 0) is 19.4 Å². The Morgan fingerprint density at radius 2 is 2.07 bits per heavy atom. The molecule has 0 saturated carbocycles. The zero-order valence-electron chi connectivity index (χ0n) is 16.2. The molecule has 1 heterocycles. The fourth-order valence-electron chi connectivity index (χ4n) is 2.94. The van der Waals surface area contributed by atoms with Gasteiger partial charge in [0.05, 0.1) is 6.54 Å². The van der Waals surface area contributed by atoms with Crippen molar-refractivity contribution in [1.29, 1.82) is 0 Å². The number of halogens is 3. The van der Waals surface area contributed by atoms with Gasteiger partial charge in [0.25, 0.3) is 0 Å². The first-order valence-electron chi connectivity index (χ1n) is 9.42. The summed E-state index contributed by atoms with van der Waals surface area (Å²) in [6.07, 6.45) is -3.09. The Morgan fingerprint density at radius 3 is 2.75 bits per heavy atom. The van der Waals surface area contributed by atoms with Crippen LogP contribution in [0.3, 0.4) is 0 Å². The molecular formula is C19H27F3N4O2. The lowest BCUT2D eigenvalue weighted by Crippen LogP contribution is -2.45. The molecule has 2 N–H and O–H groups in total. The zero-order valence-corrected chi connectivity index (χ0v) is 16.2. The number of rotatable bonds is 7. The molecule has 1 fully saturated rings. The molecule has 2 rings (SSSR count). The van der Waals surface area contributed by atoms with Crippen LogP contribution < -0.4 is 15.4 Å². The number of ether oxygens (including phenoxy) is 1. The van der Waals surface area contributed by atoms with Crippen LogP contribution in [-0.2, 0) is 11.3 Å². The third-order valence-electron chi connectivity index (χ3n) is 4.30. The van der Waals surface area contributed by atoms with Gasteiger partial charge >= 0.3 is 6.18 Å². The summed E-state index contributed by atoms with van der Waals surface area (Å²) in [5, 5.41) is 6.42. The SMILES string of the molecule is CCNC(=NCc1ccccc1OCC(F)(F)F)NC1CCN(C(=O)CC)C1. The second-order valence-corrected chi connectivity index (χ2v) is 6.53. The van der Waals surface area contributed by atoms with E-state index in [0.717, 1.165) is 6.42 Å². The molecule has 1 unspecified atom stereocenters. The van der Waals surface area contributed by atoms with E-state index in [-0.39, 0.29) is 24.2 Å². The largest absolute Gasteiger partial charge is 0.484 e. The maximum absolute atomic E-state index is 12.4. The van der Waals surface area contributed by atoms with E-state index in [9.17, 15) is 18.0 Å². The number of amides is 1. The smallest absolute Gasteiger partial charge is 0.422 e. The number of aliphatic imine (C=N–C) groups is 1. The summed E-state index contributed by atoms with van der Waals surface area (Å²) < 4.78 is 42.2. The summed E-state index contributed by atoms with van der Waals surface area (Å²) in [5.74, 6) is 0.853. The van der Waals surface area contributed by atoms with E-state index < -0.39 is 12.8 Å². The van der Waals surface area contributed by atoms with Gasteiger partial charge in [0.1, 0.15) is 5.75 Å². The average molecular weight is 400 g/mol. The van der Waals surface area contributed by atoms with Crippen molar-refractivity contribution in [1.82, 2.24) is 15.5 Å². The Hall–Kier alpha value is -2.45. The normalized spacial score (nSPS) is 17.5. The maximum atomic E-state index is 12.4. The Labute approximate surface area is 163 Å². The molecule has 0 radical (unpaired) electrons. The van der Waals surface area contributed by atoms with Crippen molar-refractivity contribution in [3.8, 4) is 5.75 Å². The van der Waals surface area contributed by atoms with Gasteiger partial charge in [0.15, 0.2) is 12.6 Å². The summed E-state index contributed by atoms with van der Waals surface area (Å²) in [6, 6.07) is 6.64. The highest BCUT2D eigenvalue weighted by atomic mass is 19.4. The molecule has 6 nitrogen and oxygen atoms in total. The van der Waals surface area contributed by atoms with E-state index in [2.05, 4.69) is 15.6 Å². The molecule has 0 spiro atoms. The number of para-hydroxylation sites is 1. The fourth-order valence-corrected chi connectivity index (χ4v) is 2.94. The number of guanidine groups is 1. The molecule has 1 amide bonds. The van der Waals surface area contributed by atoms with Crippen molar-refractivity contribution in [2.45, 2.75) is 45.5 Å². The number of nitrogens with one attached hydrogen (secondary N) is 2. The van der Waals surface area contributed by atoms with Crippen molar-refractivity contribution in [2.24, 2.45) is 4.99 Å². The summed E-state index contributed by atoms with van der Waals surface area (Å²) in [6.45, 7) is 4.57. The highest BCUT2D eigenvalue weighted by Gasteiger charge is 2.29. The van der Waals surface area contributed by atoms with Crippen LogP contribution >= 0.6 is 0 Å². The minimum absolute atomic E-state index is 0.0880. The highest BCUT2D eigenvalue weighted by Crippen LogP contribution is 2.22. The monoisotopic (exact) mass is 400 g/mol. The van der Waals surface area contributed by atoms with Gasteiger partial charge in [-0.25, -0.2) is 4.99 Å². The van der Waals surface area contributed by atoms with E-state index in [1.165, 1.54) is 6.07 Å². The van der Waals surface area contributed by atoms with Gasteiger partial charge in [-0.1, -0.05) is 25.1 Å². The Bertz CT molecular complexity index is 679. The van der Waals surface area contributed by atoms with Gasteiger partial charge in [-0.3, -0.25) is 4.79 Å². The highest BCUT2D eigenvalue weighted by molar-refractivity contribution is 5.80. The lowest BCUT2D eigenvalue weighted by atomic mass is 10.2. The van der Waals surface area contributed by atoms with E-state index >= 15 is 0 Å². The number of nitrogens with zero attached hydrogens (tertiary/aromatic N) is 2. The van der Waals surface area contributed by atoms with E-state index in [1.54, 1.807) is 18.2 Å².